The van der Waals surface area contributed by atoms with Gasteiger partial charge in [0, 0.05) is 6.42 Å². The Bertz CT molecular complexity index is 320. The Labute approximate surface area is 78.2 Å². The highest BCUT2D eigenvalue weighted by atomic mass is 16.5. The molecule has 13 heavy (non-hydrogen) atoms. The van der Waals surface area contributed by atoms with E-state index in [1.165, 1.54) is 0 Å². The molecule has 2 heteroatoms. The first-order valence-corrected chi connectivity index (χ1v) is 4.47. The molecule has 1 heterocycles. The minimum atomic E-state index is -0.150. The molecule has 1 aliphatic rings. The van der Waals surface area contributed by atoms with E-state index in [2.05, 4.69) is 0 Å². The summed E-state index contributed by atoms with van der Waals surface area (Å²) in [6, 6.07) is 3.53. The molecule has 0 saturated carbocycles. The van der Waals surface area contributed by atoms with Gasteiger partial charge in [-0.25, -0.2) is 0 Å². The van der Waals surface area contributed by atoms with Crippen molar-refractivity contribution >= 4 is 0 Å². The molecule has 0 fully saturated rings. The van der Waals surface area contributed by atoms with E-state index < -0.39 is 0 Å². The van der Waals surface area contributed by atoms with Crippen LogP contribution < -0.4 is 9.84 Å². The summed E-state index contributed by atoms with van der Waals surface area (Å²) in [4.78, 5) is 0. The van der Waals surface area contributed by atoms with E-state index in [1.807, 2.05) is 26.8 Å². The quantitative estimate of drug-likeness (QED) is 0.605. The van der Waals surface area contributed by atoms with E-state index in [0.29, 0.717) is 0 Å². The van der Waals surface area contributed by atoms with Crippen molar-refractivity contribution in [3.05, 3.63) is 23.3 Å². The maximum atomic E-state index is 11.3. The molecule has 0 bridgehead atoms. The molecule has 0 N–H and O–H groups in total. The molecular formula is C11H13O2-. The molecule has 0 spiro atoms. The standard InChI is InChI=1S/C11H14O2/c1-7-4-8-6-11(2,3)13-10(8)5-9(7)12/h4-5,12H,6H2,1-3H3/p-1. The van der Waals surface area contributed by atoms with Gasteiger partial charge in [-0.15, -0.1) is 5.75 Å². The first kappa shape index (κ1) is 8.42. The fraction of sp³-hybridized carbons (Fsp3) is 0.455. The van der Waals surface area contributed by atoms with Crippen molar-refractivity contribution in [2.24, 2.45) is 0 Å². The molecule has 0 unspecified atom stereocenters. The number of aryl methyl sites for hydroxylation is 1. The Morgan fingerprint density at radius 2 is 2.08 bits per heavy atom. The summed E-state index contributed by atoms with van der Waals surface area (Å²) in [5.74, 6) is 0.831. The lowest BCUT2D eigenvalue weighted by molar-refractivity contribution is -0.269. The highest BCUT2D eigenvalue weighted by Gasteiger charge is 2.29. The van der Waals surface area contributed by atoms with Crippen LogP contribution in [0.25, 0.3) is 0 Å². The van der Waals surface area contributed by atoms with Crippen LogP contribution in [0, 0.1) is 6.92 Å². The van der Waals surface area contributed by atoms with E-state index >= 15 is 0 Å². The molecule has 0 atom stereocenters. The van der Waals surface area contributed by atoms with Crippen molar-refractivity contribution in [3.8, 4) is 11.5 Å². The van der Waals surface area contributed by atoms with E-state index in [9.17, 15) is 5.11 Å². The van der Waals surface area contributed by atoms with Gasteiger partial charge in [-0.2, -0.15) is 0 Å². The first-order chi connectivity index (χ1) is 5.98. The summed E-state index contributed by atoms with van der Waals surface area (Å²) in [5.41, 5.74) is 1.81. The smallest absolute Gasteiger partial charge is 0.122 e. The minimum absolute atomic E-state index is 0.0662. The fourth-order valence-electron chi connectivity index (χ4n) is 1.75. The zero-order valence-corrected chi connectivity index (χ0v) is 8.18. The van der Waals surface area contributed by atoms with Gasteiger partial charge in [0.1, 0.15) is 11.4 Å². The molecule has 2 rings (SSSR count). The number of hydrogen-bond acceptors (Lipinski definition) is 2. The van der Waals surface area contributed by atoms with Crippen molar-refractivity contribution in [1.29, 1.82) is 0 Å². The van der Waals surface area contributed by atoms with Crippen LogP contribution in [-0.4, -0.2) is 5.60 Å². The summed E-state index contributed by atoms with van der Waals surface area (Å²) >= 11 is 0. The first-order valence-electron chi connectivity index (χ1n) is 4.47. The van der Waals surface area contributed by atoms with Gasteiger partial charge in [0.2, 0.25) is 0 Å². The molecule has 0 amide bonds. The van der Waals surface area contributed by atoms with Crippen LogP contribution in [0.4, 0.5) is 0 Å². The van der Waals surface area contributed by atoms with Crippen LogP contribution in [0.1, 0.15) is 25.0 Å². The molecular weight excluding hydrogens is 164 g/mol. The van der Waals surface area contributed by atoms with Gasteiger partial charge in [-0.3, -0.25) is 0 Å². The number of benzene rings is 1. The van der Waals surface area contributed by atoms with Gasteiger partial charge in [0.25, 0.3) is 0 Å². The lowest BCUT2D eigenvalue weighted by Gasteiger charge is -2.17. The highest BCUT2D eigenvalue weighted by Crippen LogP contribution is 2.37. The van der Waals surface area contributed by atoms with E-state index in [4.69, 9.17) is 4.74 Å². The average molecular weight is 177 g/mol. The molecule has 0 aromatic heterocycles. The maximum absolute atomic E-state index is 11.3. The molecule has 0 radical (unpaired) electrons. The van der Waals surface area contributed by atoms with E-state index in [1.54, 1.807) is 6.07 Å². The Hall–Kier alpha value is -1.18. The number of ether oxygens (including phenoxy) is 1. The zero-order valence-electron chi connectivity index (χ0n) is 8.18. The topological polar surface area (TPSA) is 32.3 Å². The Kier molecular flexibility index (Phi) is 1.56. The number of hydrogen-bond donors (Lipinski definition) is 0. The van der Waals surface area contributed by atoms with Gasteiger partial charge >= 0.3 is 0 Å². The minimum Gasteiger partial charge on any atom is -0.872 e. The Morgan fingerprint density at radius 1 is 1.38 bits per heavy atom. The van der Waals surface area contributed by atoms with Crippen molar-refractivity contribution < 1.29 is 9.84 Å². The second kappa shape index (κ2) is 2.41. The Balaban J connectivity index is 2.48. The summed E-state index contributed by atoms with van der Waals surface area (Å²) in [7, 11) is 0. The van der Waals surface area contributed by atoms with Crippen LogP contribution in [0.3, 0.4) is 0 Å². The van der Waals surface area contributed by atoms with E-state index in [-0.39, 0.29) is 11.4 Å². The third-order valence-corrected chi connectivity index (χ3v) is 2.36. The molecule has 70 valence electrons. The van der Waals surface area contributed by atoms with Gasteiger partial charge in [-0.05, 0) is 32.4 Å². The number of fused-ring (bicyclic) bond motifs is 1. The van der Waals surface area contributed by atoms with Crippen LogP contribution in [0.15, 0.2) is 12.1 Å². The Morgan fingerprint density at radius 3 is 2.77 bits per heavy atom. The lowest BCUT2D eigenvalue weighted by atomic mass is 10.0. The van der Waals surface area contributed by atoms with Crippen molar-refractivity contribution in [2.75, 3.05) is 0 Å². The summed E-state index contributed by atoms with van der Waals surface area (Å²) in [6.45, 7) is 5.91. The molecule has 1 aromatic carbocycles. The normalized spacial score (nSPS) is 18.1. The second-order valence-corrected chi connectivity index (χ2v) is 4.26. The second-order valence-electron chi connectivity index (χ2n) is 4.26. The van der Waals surface area contributed by atoms with E-state index in [0.717, 1.165) is 23.3 Å². The molecule has 0 saturated heterocycles. The summed E-state index contributed by atoms with van der Waals surface area (Å²) < 4.78 is 5.63. The SMILES string of the molecule is Cc1cc2c(cc1[O-])OC(C)(C)C2. The van der Waals surface area contributed by atoms with Gasteiger partial charge in [0.15, 0.2) is 0 Å². The zero-order chi connectivity index (χ0) is 9.64. The van der Waals surface area contributed by atoms with Crippen molar-refractivity contribution in [1.82, 2.24) is 0 Å². The monoisotopic (exact) mass is 177 g/mol. The predicted octanol–water partition coefficient (Wildman–Crippen LogP) is 1.78. The van der Waals surface area contributed by atoms with Crippen molar-refractivity contribution in [3.63, 3.8) is 0 Å². The fourth-order valence-corrected chi connectivity index (χ4v) is 1.75. The third kappa shape index (κ3) is 1.37. The largest absolute Gasteiger partial charge is 0.872 e. The van der Waals surface area contributed by atoms with Gasteiger partial charge < -0.3 is 9.84 Å². The summed E-state index contributed by atoms with van der Waals surface area (Å²) in [5, 5.41) is 11.3. The van der Waals surface area contributed by atoms with Crippen molar-refractivity contribution in [2.45, 2.75) is 32.8 Å². The molecule has 2 nitrogen and oxygen atoms in total. The molecule has 0 aliphatic carbocycles. The third-order valence-electron chi connectivity index (χ3n) is 2.36. The average Bonchev–Trinajstić information content (AvgIpc) is 2.24. The van der Waals surface area contributed by atoms with Crippen LogP contribution >= 0.6 is 0 Å². The lowest BCUT2D eigenvalue weighted by Crippen LogP contribution is -2.24. The highest BCUT2D eigenvalue weighted by molar-refractivity contribution is 5.47. The molecule has 1 aliphatic heterocycles. The number of rotatable bonds is 0. The van der Waals surface area contributed by atoms with Crippen LogP contribution in [0.2, 0.25) is 0 Å². The maximum Gasteiger partial charge on any atom is 0.122 e. The predicted molar refractivity (Wildman–Crippen MR) is 49.0 cm³/mol. The summed E-state index contributed by atoms with van der Waals surface area (Å²) in [6.07, 6.45) is 0.892. The van der Waals surface area contributed by atoms with Crippen LogP contribution in [-0.2, 0) is 6.42 Å². The van der Waals surface area contributed by atoms with Gasteiger partial charge in [0.05, 0.1) is 0 Å². The van der Waals surface area contributed by atoms with Gasteiger partial charge in [-0.1, -0.05) is 11.6 Å². The molecule has 1 aromatic rings. The van der Waals surface area contributed by atoms with Crippen LogP contribution in [0.5, 0.6) is 11.5 Å².